The van der Waals surface area contributed by atoms with Crippen LogP contribution in [0, 0.1) is 0 Å². The number of pyridine rings is 1. The van der Waals surface area contributed by atoms with E-state index in [1.165, 1.54) is 0 Å². The Bertz CT molecular complexity index is 573. The van der Waals surface area contributed by atoms with Crippen LogP contribution >= 0.6 is 11.3 Å². The zero-order valence-electron chi connectivity index (χ0n) is 12.3. The van der Waals surface area contributed by atoms with Crippen molar-refractivity contribution in [2.45, 2.75) is 19.9 Å². The molecule has 2 aromatic rings. The molecule has 0 aromatic carbocycles. The molecule has 7 heteroatoms. The number of nitrogens with zero attached hydrogens (tertiary/aromatic N) is 4. The molecule has 0 radical (unpaired) electrons. The minimum atomic E-state index is 0.379. The molecule has 0 aliphatic carbocycles. The first-order valence-corrected chi connectivity index (χ1v) is 8.06. The molecule has 3 heterocycles. The van der Waals surface area contributed by atoms with Gasteiger partial charge in [-0.25, -0.2) is 4.98 Å². The zero-order chi connectivity index (χ0) is 14.7. The van der Waals surface area contributed by atoms with Crippen molar-refractivity contribution < 1.29 is 0 Å². The highest BCUT2D eigenvalue weighted by Gasteiger charge is 2.15. The average Bonchev–Trinajstić information content (AvgIpc) is 2.98. The summed E-state index contributed by atoms with van der Waals surface area (Å²) in [7, 11) is 0. The van der Waals surface area contributed by atoms with Gasteiger partial charge in [-0.05, 0) is 26.0 Å². The monoisotopic (exact) mass is 304 g/mol. The van der Waals surface area contributed by atoms with Gasteiger partial charge in [-0.2, -0.15) is 0 Å². The Morgan fingerprint density at radius 1 is 1.24 bits per heavy atom. The van der Waals surface area contributed by atoms with E-state index in [1.54, 1.807) is 11.3 Å². The van der Waals surface area contributed by atoms with Gasteiger partial charge in [0.2, 0.25) is 5.13 Å². The molecule has 1 aliphatic rings. The summed E-state index contributed by atoms with van der Waals surface area (Å²) in [6.45, 7) is 8.19. The molecular weight excluding hydrogens is 284 g/mol. The van der Waals surface area contributed by atoms with Crippen LogP contribution in [0.3, 0.4) is 0 Å². The SMILES string of the molecule is CC(C)Nc1ccc(-c2nnc(N3CCNCC3)s2)cn1. The van der Waals surface area contributed by atoms with E-state index in [4.69, 9.17) is 0 Å². The molecule has 0 unspecified atom stereocenters. The third kappa shape index (κ3) is 3.48. The molecule has 1 aliphatic heterocycles. The molecule has 6 nitrogen and oxygen atoms in total. The molecule has 0 bridgehead atoms. The Morgan fingerprint density at radius 2 is 2.05 bits per heavy atom. The molecule has 0 spiro atoms. The first-order chi connectivity index (χ1) is 10.2. The lowest BCUT2D eigenvalue weighted by Crippen LogP contribution is -2.43. The molecule has 2 aromatic heterocycles. The fourth-order valence-corrected chi connectivity index (χ4v) is 3.10. The summed E-state index contributed by atoms with van der Waals surface area (Å²) < 4.78 is 0. The van der Waals surface area contributed by atoms with E-state index in [1.807, 2.05) is 18.3 Å². The molecule has 2 N–H and O–H groups in total. The van der Waals surface area contributed by atoms with Gasteiger partial charge in [0.15, 0.2) is 5.01 Å². The summed E-state index contributed by atoms with van der Waals surface area (Å²) in [4.78, 5) is 6.70. The first-order valence-electron chi connectivity index (χ1n) is 7.24. The lowest BCUT2D eigenvalue weighted by Gasteiger charge is -2.26. The lowest BCUT2D eigenvalue weighted by molar-refractivity contribution is 0.587. The van der Waals surface area contributed by atoms with E-state index in [0.29, 0.717) is 6.04 Å². The van der Waals surface area contributed by atoms with Crippen molar-refractivity contribution in [1.29, 1.82) is 0 Å². The summed E-state index contributed by atoms with van der Waals surface area (Å²) in [6, 6.07) is 4.41. The highest BCUT2D eigenvalue weighted by Crippen LogP contribution is 2.28. The van der Waals surface area contributed by atoms with Crippen molar-refractivity contribution in [1.82, 2.24) is 20.5 Å². The fraction of sp³-hybridized carbons (Fsp3) is 0.500. The number of hydrogen-bond acceptors (Lipinski definition) is 7. The largest absolute Gasteiger partial charge is 0.368 e. The standard InChI is InChI=1S/C14H20N6S/c1-10(2)17-12-4-3-11(9-16-12)13-18-19-14(21-13)20-7-5-15-6-8-20/h3-4,9-10,15H,5-8H2,1-2H3,(H,16,17). The number of nitrogens with one attached hydrogen (secondary N) is 2. The summed E-state index contributed by atoms with van der Waals surface area (Å²) in [5.41, 5.74) is 1.02. The third-order valence-electron chi connectivity index (χ3n) is 3.25. The van der Waals surface area contributed by atoms with Crippen molar-refractivity contribution in [2.75, 3.05) is 36.4 Å². The van der Waals surface area contributed by atoms with Crippen LogP contribution in [-0.2, 0) is 0 Å². The Balaban J connectivity index is 1.73. The van der Waals surface area contributed by atoms with Crippen LogP contribution < -0.4 is 15.5 Å². The van der Waals surface area contributed by atoms with Gasteiger partial charge >= 0.3 is 0 Å². The first kappa shape index (κ1) is 14.2. The molecule has 21 heavy (non-hydrogen) atoms. The van der Waals surface area contributed by atoms with Crippen molar-refractivity contribution in [3.05, 3.63) is 18.3 Å². The van der Waals surface area contributed by atoms with E-state index in [2.05, 4.69) is 44.6 Å². The topological polar surface area (TPSA) is 66.0 Å². The quantitative estimate of drug-likeness (QED) is 0.898. The maximum absolute atomic E-state index is 4.42. The second-order valence-electron chi connectivity index (χ2n) is 5.36. The van der Waals surface area contributed by atoms with E-state index < -0.39 is 0 Å². The number of hydrogen-bond donors (Lipinski definition) is 2. The van der Waals surface area contributed by atoms with Crippen LogP contribution in [0.4, 0.5) is 10.9 Å². The molecule has 0 saturated carbocycles. The van der Waals surface area contributed by atoms with E-state index in [0.717, 1.165) is 47.7 Å². The molecule has 1 fully saturated rings. The highest BCUT2D eigenvalue weighted by atomic mass is 32.1. The van der Waals surface area contributed by atoms with Crippen molar-refractivity contribution in [3.63, 3.8) is 0 Å². The number of aromatic nitrogens is 3. The second-order valence-corrected chi connectivity index (χ2v) is 6.31. The molecule has 0 amide bonds. The van der Waals surface area contributed by atoms with E-state index in [9.17, 15) is 0 Å². The molecule has 1 saturated heterocycles. The minimum Gasteiger partial charge on any atom is -0.368 e. The van der Waals surface area contributed by atoms with Crippen LogP contribution in [-0.4, -0.2) is 47.4 Å². The van der Waals surface area contributed by atoms with Crippen molar-refractivity contribution >= 4 is 22.3 Å². The number of anilines is 2. The maximum Gasteiger partial charge on any atom is 0.208 e. The van der Waals surface area contributed by atoms with Gasteiger partial charge in [0.25, 0.3) is 0 Å². The van der Waals surface area contributed by atoms with Gasteiger partial charge in [-0.3, -0.25) is 0 Å². The Morgan fingerprint density at radius 3 is 2.71 bits per heavy atom. The van der Waals surface area contributed by atoms with Crippen LogP contribution in [0.1, 0.15) is 13.8 Å². The van der Waals surface area contributed by atoms with Crippen LogP contribution in [0.15, 0.2) is 18.3 Å². The fourth-order valence-electron chi connectivity index (χ4n) is 2.22. The highest BCUT2D eigenvalue weighted by molar-refractivity contribution is 7.18. The van der Waals surface area contributed by atoms with E-state index >= 15 is 0 Å². The summed E-state index contributed by atoms with van der Waals surface area (Å²) in [5.74, 6) is 0.889. The normalized spacial score (nSPS) is 15.5. The molecule has 112 valence electrons. The smallest absolute Gasteiger partial charge is 0.208 e. The zero-order valence-corrected chi connectivity index (χ0v) is 13.2. The Labute approximate surface area is 128 Å². The molecule has 3 rings (SSSR count). The summed E-state index contributed by atoms with van der Waals surface area (Å²) in [5, 5.41) is 17.2. The van der Waals surface area contributed by atoms with Crippen LogP contribution in [0.25, 0.3) is 10.6 Å². The van der Waals surface area contributed by atoms with Gasteiger partial charge in [0, 0.05) is 44.0 Å². The van der Waals surface area contributed by atoms with Gasteiger partial charge in [0.1, 0.15) is 5.82 Å². The second kappa shape index (κ2) is 6.36. The summed E-state index contributed by atoms with van der Waals surface area (Å²) >= 11 is 1.63. The minimum absolute atomic E-state index is 0.379. The summed E-state index contributed by atoms with van der Waals surface area (Å²) in [6.07, 6.45) is 1.85. The number of rotatable bonds is 4. The Hall–Kier alpha value is -1.73. The van der Waals surface area contributed by atoms with E-state index in [-0.39, 0.29) is 0 Å². The predicted octanol–water partition coefficient (Wildman–Crippen LogP) is 1.83. The van der Waals surface area contributed by atoms with Gasteiger partial charge in [-0.1, -0.05) is 11.3 Å². The average molecular weight is 304 g/mol. The Kier molecular flexibility index (Phi) is 4.31. The predicted molar refractivity (Wildman–Crippen MR) is 87.0 cm³/mol. The third-order valence-corrected chi connectivity index (χ3v) is 4.28. The van der Waals surface area contributed by atoms with Gasteiger partial charge in [0.05, 0.1) is 0 Å². The number of piperazine rings is 1. The lowest BCUT2D eigenvalue weighted by atomic mass is 10.3. The molecule has 0 atom stereocenters. The van der Waals surface area contributed by atoms with Gasteiger partial charge < -0.3 is 15.5 Å². The van der Waals surface area contributed by atoms with Crippen LogP contribution in [0.5, 0.6) is 0 Å². The van der Waals surface area contributed by atoms with Crippen molar-refractivity contribution in [2.24, 2.45) is 0 Å². The van der Waals surface area contributed by atoms with Gasteiger partial charge in [-0.15, -0.1) is 10.2 Å². The maximum atomic E-state index is 4.42. The van der Waals surface area contributed by atoms with Crippen LogP contribution in [0.2, 0.25) is 0 Å². The molecular formula is C14H20N6S. The van der Waals surface area contributed by atoms with Crippen molar-refractivity contribution in [3.8, 4) is 10.6 Å².